The van der Waals surface area contributed by atoms with Gasteiger partial charge in [-0.1, -0.05) is 11.8 Å². The molecular formula is C15H21N5OS. The van der Waals surface area contributed by atoms with Crippen molar-refractivity contribution in [2.24, 2.45) is 0 Å². The van der Waals surface area contributed by atoms with Gasteiger partial charge in [0.2, 0.25) is 5.95 Å². The van der Waals surface area contributed by atoms with Gasteiger partial charge in [-0.05, 0) is 31.5 Å². The second kappa shape index (κ2) is 7.11. The molecule has 2 aromatic rings. The fraction of sp³-hybridized carbons (Fsp3) is 0.533. The molecule has 0 radical (unpaired) electrons. The van der Waals surface area contributed by atoms with E-state index in [-0.39, 0.29) is 0 Å². The number of hydrogen-bond donors (Lipinski definition) is 0. The molecule has 1 unspecified atom stereocenters. The molecule has 3 heterocycles. The lowest BCUT2D eigenvalue weighted by Gasteiger charge is -2.27. The molecule has 2 aromatic heterocycles. The summed E-state index contributed by atoms with van der Waals surface area (Å²) >= 11 is 1.74. The average Bonchev–Trinajstić information content (AvgIpc) is 2.99. The van der Waals surface area contributed by atoms with Crippen molar-refractivity contribution in [1.82, 2.24) is 19.7 Å². The van der Waals surface area contributed by atoms with Crippen LogP contribution in [0.4, 0.5) is 5.95 Å². The Bertz CT molecular complexity index is 597. The Morgan fingerprint density at radius 1 is 1.23 bits per heavy atom. The van der Waals surface area contributed by atoms with Gasteiger partial charge in [0.05, 0.1) is 13.2 Å². The standard InChI is InChI=1S/C15H21N5OS/c1-3-20-14(19-8-10-21-11-9-19)17-18-15(20)22-12(2)13-4-6-16-7-5-13/h4-7,12H,3,8-11H2,1-2H3. The number of morpholine rings is 1. The summed E-state index contributed by atoms with van der Waals surface area (Å²) in [5.41, 5.74) is 1.25. The van der Waals surface area contributed by atoms with E-state index in [0.717, 1.165) is 44.0 Å². The summed E-state index contributed by atoms with van der Waals surface area (Å²) in [6, 6.07) is 4.10. The molecule has 3 rings (SSSR count). The molecule has 1 aliphatic rings. The minimum atomic E-state index is 0.315. The number of pyridine rings is 1. The SMILES string of the molecule is CCn1c(SC(C)c2ccncc2)nnc1N1CCOCC1. The minimum Gasteiger partial charge on any atom is -0.378 e. The zero-order chi connectivity index (χ0) is 15.4. The molecule has 22 heavy (non-hydrogen) atoms. The van der Waals surface area contributed by atoms with E-state index >= 15 is 0 Å². The number of anilines is 1. The highest BCUT2D eigenvalue weighted by molar-refractivity contribution is 7.99. The first kappa shape index (κ1) is 15.3. The molecule has 1 fully saturated rings. The first-order chi connectivity index (χ1) is 10.8. The van der Waals surface area contributed by atoms with Gasteiger partial charge >= 0.3 is 0 Å². The van der Waals surface area contributed by atoms with Crippen LogP contribution in [0.3, 0.4) is 0 Å². The predicted molar refractivity (Wildman–Crippen MR) is 87.2 cm³/mol. The number of nitrogens with zero attached hydrogens (tertiary/aromatic N) is 5. The van der Waals surface area contributed by atoms with Crippen LogP contribution in [-0.4, -0.2) is 46.1 Å². The van der Waals surface area contributed by atoms with Gasteiger partial charge in [-0.3, -0.25) is 9.55 Å². The van der Waals surface area contributed by atoms with Gasteiger partial charge in [-0.25, -0.2) is 0 Å². The van der Waals surface area contributed by atoms with Crippen molar-refractivity contribution < 1.29 is 4.74 Å². The van der Waals surface area contributed by atoms with Crippen LogP contribution in [-0.2, 0) is 11.3 Å². The van der Waals surface area contributed by atoms with Crippen molar-refractivity contribution in [2.75, 3.05) is 31.2 Å². The molecule has 0 amide bonds. The summed E-state index contributed by atoms with van der Waals surface area (Å²) in [4.78, 5) is 6.32. The lowest BCUT2D eigenvalue weighted by molar-refractivity contribution is 0.121. The Kier molecular flexibility index (Phi) is 4.94. The van der Waals surface area contributed by atoms with E-state index in [4.69, 9.17) is 4.74 Å². The first-order valence-electron chi connectivity index (χ1n) is 7.62. The number of aromatic nitrogens is 4. The van der Waals surface area contributed by atoms with Crippen molar-refractivity contribution in [3.8, 4) is 0 Å². The Hall–Kier alpha value is -1.60. The second-order valence-electron chi connectivity index (χ2n) is 5.17. The molecule has 1 aliphatic heterocycles. The quantitative estimate of drug-likeness (QED) is 0.789. The number of hydrogen-bond acceptors (Lipinski definition) is 6. The van der Waals surface area contributed by atoms with Crippen LogP contribution in [0.2, 0.25) is 0 Å². The van der Waals surface area contributed by atoms with Crippen LogP contribution in [0.1, 0.15) is 24.7 Å². The largest absolute Gasteiger partial charge is 0.378 e. The third kappa shape index (κ3) is 3.25. The van der Waals surface area contributed by atoms with E-state index in [1.807, 2.05) is 24.5 Å². The molecule has 0 aromatic carbocycles. The van der Waals surface area contributed by atoms with Gasteiger partial charge in [0, 0.05) is 37.3 Å². The molecular weight excluding hydrogens is 298 g/mol. The van der Waals surface area contributed by atoms with Crippen LogP contribution in [0, 0.1) is 0 Å². The van der Waals surface area contributed by atoms with Crippen LogP contribution in [0.25, 0.3) is 0 Å². The predicted octanol–water partition coefficient (Wildman–Crippen LogP) is 2.38. The summed E-state index contributed by atoms with van der Waals surface area (Å²) < 4.78 is 7.60. The van der Waals surface area contributed by atoms with Gasteiger partial charge in [0.1, 0.15) is 0 Å². The summed E-state index contributed by atoms with van der Waals surface area (Å²) in [6.45, 7) is 8.45. The lowest BCUT2D eigenvalue weighted by Crippen LogP contribution is -2.38. The molecule has 118 valence electrons. The number of rotatable bonds is 5. The number of ether oxygens (including phenoxy) is 1. The summed E-state index contributed by atoms with van der Waals surface area (Å²) in [7, 11) is 0. The van der Waals surface area contributed by atoms with Gasteiger partial charge in [0.25, 0.3) is 0 Å². The van der Waals surface area contributed by atoms with Crippen LogP contribution < -0.4 is 4.90 Å². The van der Waals surface area contributed by atoms with E-state index in [1.54, 1.807) is 11.8 Å². The molecule has 0 bridgehead atoms. The molecule has 0 aliphatic carbocycles. The van der Waals surface area contributed by atoms with Crippen molar-refractivity contribution in [3.05, 3.63) is 30.1 Å². The Balaban J connectivity index is 1.78. The fourth-order valence-electron chi connectivity index (χ4n) is 2.50. The molecule has 7 heteroatoms. The maximum Gasteiger partial charge on any atom is 0.228 e. The molecule has 0 N–H and O–H groups in total. The third-order valence-electron chi connectivity index (χ3n) is 3.77. The van der Waals surface area contributed by atoms with E-state index in [9.17, 15) is 0 Å². The topological polar surface area (TPSA) is 56.1 Å². The van der Waals surface area contributed by atoms with Gasteiger partial charge in [-0.15, -0.1) is 10.2 Å². The molecule has 6 nitrogen and oxygen atoms in total. The van der Waals surface area contributed by atoms with Crippen LogP contribution in [0.15, 0.2) is 29.7 Å². The van der Waals surface area contributed by atoms with Gasteiger partial charge in [0.15, 0.2) is 5.16 Å². The Morgan fingerprint density at radius 2 is 1.95 bits per heavy atom. The molecule has 1 atom stereocenters. The summed E-state index contributed by atoms with van der Waals surface area (Å²) in [6.07, 6.45) is 3.66. The summed E-state index contributed by atoms with van der Waals surface area (Å²) in [5, 5.41) is 10.1. The van der Waals surface area contributed by atoms with E-state index in [0.29, 0.717) is 5.25 Å². The van der Waals surface area contributed by atoms with E-state index < -0.39 is 0 Å². The fourth-order valence-corrected chi connectivity index (χ4v) is 3.54. The second-order valence-corrected chi connectivity index (χ2v) is 6.47. The number of thioether (sulfide) groups is 1. The first-order valence-corrected chi connectivity index (χ1v) is 8.50. The van der Waals surface area contributed by atoms with Crippen molar-refractivity contribution in [2.45, 2.75) is 30.8 Å². The smallest absolute Gasteiger partial charge is 0.228 e. The van der Waals surface area contributed by atoms with Crippen molar-refractivity contribution >= 4 is 17.7 Å². The highest BCUT2D eigenvalue weighted by atomic mass is 32.2. The molecule has 0 spiro atoms. The maximum atomic E-state index is 5.41. The third-order valence-corrected chi connectivity index (χ3v) is 4.90. The van der Waals surface area contributed by atoms with Crippen molar-refractivity contribution in [3.63, 3.8) is 0 Å². The van der Waals surface area contributed by atoms with Gasteiger partial charge in [-0.2, -0.15) is 0 Å². The molecule has 0 saturated carbocycles. The average molecular weight is 319 g/mol. The zero-order valence-electron chi connectivity index (χ0n) is 13.0. The minimum absolute atomic E-state index is 0.315. The lowest BCUT2D eigenvalue weighted by atomic mass is 10.2. The normalized spacial score (nSPS) is 16.7. The van der Waals surface area contributed by atoms with Crippen LogP contribution >= 0.6 is 11.8 Å². The van der Waals surface area contributed by atoms with Crippen molar-refractivity contribution in [1.29, 1.82) is 0 Å². The molecule has 1 saturated heterocycles. The highest BCUT2D eigenvalue weighted by Crippen LogP contribution is 2.34. The maximum absolute atomic E-state index is 5.41. The monoisotopic (exact) mass is 319 g/mol. The Morgan fingerprint density at radius 3 is 2.64 bits per heavy atom. The van der Waals surface area contributed by atoms with Crippen LogP contribution in [0.5, 0.6) is 0 Å². The Labute approximate surface area is 134 Å². The van der Waals surface area contributed by atoms with Gasteiger partial charge < -0.3 is 9.64 Å². The zero-order valence-corrected chi connectivity index (χ0v) is 13.8. The summed E-state index contributed by atoms with van der Waals surface area (Å²) in [5.74, 6) is 0.954. The van der Waals surface area contributed by atoms with E-state index in [1.165, 1.54) is 5.56 Å². The highest BCUT2D eigenvalue weighted by Gasteiger charge is 2.21. The van der Waals surface area contributed by atoms with E-state index in [2.05, 4.69) is 38.5 Å².